The summed E-state index contributed by atoms with van der Waals surface area (Å²) in [5.74, 6) is 0. The SMILES string of the molecule is CCCCCCCCCCCCCCCCOCCOCCOCCOCCOCCOCCOCCOCCOCCOCCNC(=O)OCc1ccccc1. The molecule has 1 N–H and O–H groups in total. The first kappa shape index (κ1) is 53.1. The number of nitrogens with one attached hydrogen (secondary N) is 1. The van der Waals surface area contributed by atoms with E-state index in [1.807, 2.05) is 30.3 Å². The van der Waals surface area contributed by atoms with E-state index in [-0.39, 0.29) is 6.61 Å². The average molecular weight is 816 g/mol. The zero-order valence-corrected chi connectivity index (χ0v) is 35.7. The second-order valence-corrected chi connectivity index (χ2v) is 13.7. The Morgan fingerprint density at radius 1 is 0.386 bits per heavy atom. The van der Waals surface area contributed by atoms with E-state index in [1.165, 1.54) is 83.5 Å². The number of ether oxygens (including phenoxy) is 11. The van der Waals surface area contributed by atoms with E-state index in [0.717, 1.165) is 18.6 Å². The van der Waals surface area contributed by atoms with E-state index in [9.17, 15) is 4.79 Å². The maximum atomic E-state index is 11.7. The molecule has 0 fully saturated rings. The molecule has 0 bridgehead atoms. The molecule has 0 aliphatic carbocycles. The Bertz CT molecular complexity index is 917. The average Bonchev–Trinajstić information content (AvgIpc) is 3.23. The van der Waals surface area contributed by atoms with Gasteiger partial charge in [0.25, 0.3) is 0 Å². The molecule has 0 aliphatic rings. The lowest BCUT2D eigenvalue weighted by atomic mass is 10.0. The molecule has 1 rings (SSSR count). The van der Waals surface area contributed by atoms with Gasteiger partial charge in [-0.2, -0.15) is 0 Å². The summed E-state index contributed by atoms with van der Waals surface area (Å²) >= 11 is 0. The number of hydrogen-bond donors (Lipinski definition) is 1. The highest BCUT2D eigenvalue weighted by atomic mass is 16.6. The standard InChI is InChI=1S/C44H81NO12/c1-2-3-4-5-6-7-8-9-10-11-12-13-14-18-22-47-24-26-49-28-30-51-32-34-53-36-38-55-40-41-56-39-37-54-35-33-52-31-29-50-27-25-48-23-21-45-44(46)57-42-43-19-16-15-17-20-43/h15-17,19-20H,2-14,18,21-42H2,1H3,(H,45,46). The minimum absolute atomic E-state index is 0.240. The maximum absolute atomic E-state index is 11.7. The maximum Gasteiger partial charge on any atom is 0.407 e. The Kier molecular flexibility index (Phi) is 43.6. The Morgan fingerprint density at radius 2 is 0.684 bits per heavy atom. The molecule has 0 aromatic heterocycles. The van der Waals surface area contributed by atoms with Gasteiger partial charge in [0, 0.05) is 13.2 Å². The summed E-state index contributed by atoms with van der Waals surface area (Å²) in [6.07, 6.45) is 18.7. The van der Waals surface area contributed by atoms with Crippen LogP contribution in [-0.4, -0.2) is 145 Å². The molecule has 0 unspecified atom stereocenters. The van der Waals surface area contributed by atoms with Gasteiger partial charge >= 0.3 is 6.09 Å². The van der Waals surface area contributed by atoms with Gasteiger partial charge < -0.3 is 57.4 Å². The van der Waals surface area contributed by atoms with E-state index < -0.39 is 6.09 Å². The van der Waals surface area contributed by atoms with Crippen LogP contribution in [0, 0.1) is 0 Å². The van der Waals surface area contributed by atoms with Crippen molar-refractivity contribution >= 4 is 6.09 Å². The molecular weight excluding hydrogens is 734 g/mol. The lowest BCUT2D eigenvalue weighted by molar-refractivity contribution is -0.0264. The van der Waals surface area contributed by atoms with Crippen LogP contribution < -0.4 is 5.32 Å². The third-order valence-corrected chi connectivity index (χ3v) is 8.72. The van der Waals surface area contributed by atoms with Crippen LogP contribution in [0.1, 0.15) is 102 Å². The summed E-state index contributed by atoms with van der Waals surface area (Å²) in [6.45, 7) is 13.4. The predicted octanol–water partition coefficient (Wildman–Crippen LogP) is 7.56. The van der Waals surface area contributed by atoms with E-state index in [2.05, 4.69) is 12.2 Å². The highest BCUT2D eigenvalue weighted by Crippen LogP contribution is 2.13. The van der Waals surface area contributed by atoms with E-state index in [4.69, 9.17) is 52.1 Å². The Hall–Kier alpha value is -1.91. The second-order valence-electron chi connectivity index (χ2n) is 13.7. The summed E-state index contributed by atoms with van der Waals surface area (Å²) in [7, 11) is 0. The number of rotatable bonds is 47. The smallest absolute Gasteiger partial charge is 0.407 e. The molecule has 13 nitrogen and oxygen atoms in total. The molecule has 0 atom stereocenters. The molecule has 0 aliphatic heterocycles. The Morgan fingerprint density at radius 3 is 1.04 bits per heavy atom. The number of unbranched alkanes of at least 4 members (excludes halogenated alkanes) is 13. The van der Waals surface area contributed by atoms with Crippen molar-refractivity contribution in [1.29, 1.82) is 0 Å². The highest BCUT2D eigenvalue weighted by Gasteiger charge is 2.02. The number of hydrogen-bond acceptors (Lipinski definition) is 12. The van der Waals surface area contributed by atoms with Crippen LogP contribution in [0.4, 0.5) is 4.79 Å². The Balaban J connectivity index is 1.61. The van der Waals surface area contributed by atoms with Crippen molar-refractivity contribution in [2.24, 2.45) is 0 Å². The molecular formula is C44H81NO12. The lowest BCUT2D eigenvalue weighted by Crippen LogP contribution is -2.28. The molecule has 1 aromatic rings. The van der Waals surface area contributed by atoms with Gasteiger partial charge in [-0.05, 0) is 12.0 Å². The van der Waals surface area contributed by atoms with Gasteiger partial charge in [-0.25, -0.2) is 4.79 Å². The van der Waals surface area contributed by atoms with Crippen LogP contribution in [-0.2, 0) is 58.7 Å². The molecule has 57 heavy (non-hydrogen) atoms. The van der Waals surface area contributed by atoms with Gasteiger partial charge in [-0.1, -0.05) is 121 Å². The molecule has 0 saturated heterocycles. The quantitative estimate of drug-likeness (QED) is 0.0652. The molecule has 1 aromatic carbocycles. The van der Waals surface area contributed by atoms with Gasteiger partial charge in [0.2, 0.25) is 0 Å². The zero-order valence-electron chi connectivity index (χ0n) is 35.7. The summed E-state index contributed by atoms with van der Waals surface area (Å²) in [6, 6.07) is 9.53. The molecule has 0 spiro atoms. The first-order chi connectivity index (χ1) is 28.3. The van der Waals surface area contributed by atoms with E-state index in [1.54, 1.807) is 0 Å². The van der Waals surface area contributed by atoms with Gasteiger partial charge in [-0.15, -0.1) is 0 Å². The molecule has 0 saturated carbocycles. The third-order valence-electron chi connectivity index (χ3n) is 8.72. The number of carbonyl (C=O) groups is 1. The lowest BCUT2D eigenvalue weighted by Gasteiger charge is -2.09. The normalized spacial score (nSPS) is 11.4. The molecule has 334 valence electrons. The zero-order chi connectivity index (χ0) is 40.6. The number of alkyl carbamates (subject to hydrolysis) is 1. The number of benzene rings is 1. The fourth-order valence-electron chi connectivity index (χ4n) is 5.48. The summed E-state index contributed by atoms with van der Waals surface area (Å²) in [5.41, 5.74) is 0.941. The van der Waals surface area contributed by atoms with Crippen molar-refractivity contribution in [3.8, 4) is 0 Å². The fraction of sp³-hybridized carbons (Fsp3) is 0.841. The largest absolute Gasteiger partial charge is 0.445 e. The van der Waals surface area contributed by atoms with Crippen molar-refractivity contribution in [3.63, 3.8) is 0 Å². The fourth-order valence-corrected chi connectivity index (χ4v) is 5.48. The van der Waals surface area contributed by atoms with Gasteiger partial charge in [-0.3, -0.25) is 0 Å². The molecule has 0 radical (unpaired) electrons. The van der Waals surface area contributed by atoms with Crippen molar-refractivity contribution in [2.45, 2.75) is 103 Å². The number of amides is 1. The first-order valence-corrected chi connectivity index (χ1v) is 22.0. The van der Waals surface area contributed by atoms with Crippen molar-refractivity contribution < 1.29 is 56.9 Å². The van der Waals surface area contributed by atoms with Gasteiger partial charge in [0.05, 0.1) is 126 Å². The highest BCUT2D eigenvalue weighted by molar-refractivity contribution is 5.67. The minimum Gasteiger partial charge on any atom is -0.445 e. The Labute approximate surface area is 345 Å². The predicted molar refractivity (Wildman–Crippen MR) is 223 cm³/mol. The van der Waals surface area contributed by atoms with Crippen LogP contribution >= 0.6 is 0 Å². The van der Waals surface area contributed by atoms with Gasteiger partial charge in [0.15, 0.2) is 0 Å². The monoisotopic (exact) mass is 816 g/mol. The van der Waals surface area contributed by atoms with Crippen molar-refractivity contribution in [2.75, 3.05) is 139 Å². The van der Waals surface area contributed by atoms with Gasteiger partial charge in [0.1, 0.15) is 6.61 Å². The number of carbonyl (C=O) groups excluding carboxylic acids is 1. The summed E-state index contributed by atoms with van der Waals surface area (Å²) in [4.78, 5) is 11.7. The van der Waals surface area contributed by atoms with E-state index >= 15 is 0 Å². The molecule has 1 amide bonds. The van der Waals surface area contributed by atoms with Crippen LogP contribution in [0.3, 0.4) is 0 Å². The minimum atomic E-state index is -0.466. The van der Waals surface area contributed by atoms with Crippen molar-refractivity contribution in [1.82, 2.24) is 5.32 Å². The van der Waals surface area contributed by atoms with Crippen LogP contribution in [0.2, 0.25) is 0 Å². The third kappa shape index (κ3) is 43.5. The van der Waals surface area contributed by atoms with Crippen LogP contribution in [0.5, 0.6) is 0 Å². The first-order valence-electron chi connectivity index (χ1n) is 22.0. The molecule has 0 heterocycles. The van der Waals surface area contributed by atoms with Crippen LogP contribution in [0.15, 0.2) is 30.3 Å². The van der Waals surface area contributed by atoms with Crippen LogP contribution in [0.25, 0.3) is 0 Å². The van der Waals surface area contributed by atoms with Crippen molar-refractivity contribution in [3.05, 3.63) is 35.9 Å². The topological polar surface area (TPSA) is 131 Å². The molecule has 13 heteroatoms. The van der Waals surface area contributed by atoms with E-state index in [0.29, 0.717) is 132 Å². The summed E-state index contributed by atoms with van der Waals surface area (Å²) < 4.78 is 60.4. The summed E-state index contributed by atoms with van der Waals surface area (Å²) in [5, 5.41) is 2.65. The second kappa shape index (κ2) is 46.8.